The average Bonchev–Trinajstić information content (AvgIpc) is 2.77. The fourth-order valence-electron chi connectivity index (χ4n) is 4.45. The number of fused-ring (bicyclic) bond motifs is 1. The molecule has 1 N–H and O–H groups in total. The van der Waals surface area contributed by atoms with Gasteiger partial charge >= 0.3 is 0 Å². The zero-order valence-corrected chi connectivity index (χ0v) is 19.3. The van der Waals surface area contributed by atoms with Gasteiger partial charge in [0.25, 0.3) is 8.32 Å². The lowest BCUT2D eigenvalue weighted by Crippen LogP contribution is -2.68. The van der Waals surface area contributed by atoms with Crippen LogP contribution in [0.5, 0.6) is 0 Å². The number of para-hydroxylation sites is 1. The highest BCUT2D eigenvalue weighted by atomic mass is 28.4. The summed E-state index contributed by atoms with van der Waals surface area (Å²) in [6.07, 6.45) is -0.314. The Bertz CT molecular complexity index is 930. The van der Waals surface area contributed by atoms with Gasteiger partial charge in [-0.15, -0.1) is 0 Å². The van der Waals surface area contributed by atoms with Gasteiger partial charge in [0.05, 0.1) is 12.7 Å². The van der Waals surface area contributed by atoms with Crippen molar-refractivity contribution < 1.29 is 9.16 Å². The average molecular weight is 418 g/mol. The largest absolute Gasteiger partial charge is 0.400 e. The minimum atomic E-state index is -2.61. The third-order valence-electron chi connectivity index (χ3n) is 5.94. The van der Waals surface area contributed by atoms with Gasteiger partial charge in [-0.3, -0.25) is 0 Å². The molecular weight excluding hydrogens is 386 g/mol. The fourth-order valence-corrected chi connectivity index (χ4v) is 9.14. The summed E-state index contributed by atoms with van der Waals surface area (Å²) in [4.78, 5) is 0. The normalized spacial score (nSPS) is 17.7. The zero-order chi connectivity index (χ0) is 21.2. The van der Waals surface area contributed by atoms with Crippen LogP contribution in [-0.4, -0.2) is 20.6 Å². The Morgan fingerprint density at radius 1 is 0.867 bits per heavy atom. The van der Waals surface area contributed by atoms with Crippen LogP contribution in [0.2, 0.25) is 5.04 Å². The van der Waals surface area contributed by atoms with Crippen molar-refractivity contribution in [1.29, 1.82) is 0 Å². The summed E-state index contributed by atoms with van der Waals surface area (Å²) >= 11 is 0. The van der Waals surface area contributed by atoms with E-state index in [1.54, 1.807) is 0 Å². The molecule has 1 aliphatic rings. The lowest BCUT2D eigenvalue weighted by atomic mass is 10.1. The monoisotopic (exact) mass is 417 g/mol. The summed E-state index contributed by atoms with van der Waals surface area (Å²) < 4.78 is 13.4. The first-order valence-electron chi connectivity index (χ1n) is 10.7. The highest BCUT2D eigenvalue weighted by molar-refractivity contribution is 6.99. The van der Waals surface area contributed by atoms with Gasteiger partial charge in [0, 0.05) is 11.3 Å². The Morgan fingerprint density at radius 3 is 1.97 bits per heavy atom. The van der Waals surface area contributed by atoms with Gasteiger partial charge in [-0.2, -0.15) is 0 Å². The zero-order valence-electron chi connectivity index (χ0n) is 18.3. The molecule has 0 fully saturated rings. The summed E-state index contributed by atoms with van der Waals surface area (Å²) in [6, 6.07) is 29.8. The van der Waals surface area contributed by atoms with Gasteiger partial charge < -0.3 is 14.5 Å². The molecule has 0 aliphatic carbocycles. The first kappa shape index (κ1) is 20.9. The number of ether oxygens (including phenoxy) is 1. The molecular formula is C26H31NO2Si. The molecule has 0 saturated heterocycles. The maximum absolute atomic E-state index is 7.18. The molecule has 2 atom stereocenters. The molecule has 3 aromatic carbocycles. The van der Waals surface area contributed by atoms with Gasteiger partial charge in [-0.25, -0.2) is 0 Å². The molecule has 156 valence electrons. The van der Waals surface area contributed by atoms with Crippen LogP contribution >= 0.6 is 0 Å². The van der Waals surface area contributed by atoms with Crippen LogP contribution in [-0.2, 0) is 15.8 Å². The van der Waals surface area contributed by atoms with Crippen molar-refractivity contribution in [2.45, 2.75) is 51.7 Å². The molecule has 30 heavy (non-hydrogen) atoms. The van der Waals surface area contributed by atoms with Crippen LogP contribution in [0.3, 0.4) is 0 Å². The van der Waals surface area contributed by atoms with E-state index >= 15 is 0 Å². The molecule has 1 aliphatic heterocycles. The van der Waals surface area contributed by atoms with Crippen molar-refractivity contribution in [3.05, 3.63) is 90.5 Å². The number of hydrogen-bond donors (Lipinski definition) is 1. The Balaban J connectivity index is 1.74. The van der Waals surface area contributed by atoms with E-state index < -0.39 is 8.32 Å². The van der Waals surface area contributed by atoms with E-state index in [0.29, 0.717) is 6.61 Å². The number of anilines is 1. The third-order valence-corrected chi connectivity index (χ3v) is 11.1. The topological polar surface area (TPSA) is 30.5 Å². The number of benzene rings is 3. The molecule has 3 nitrogen and oxygen atoms in total. The molecule has 1 unspecified atom stereocenters. The Hall–Kier alpha value is -2.40. The van der Waals surface area contributed by atoms with Crippen molar-refractivity contribution in [3.8, 4) is 0 Å². The lowest BCUT2D eigenvalue weighted by Gasteiger charge is -2.46. The van der Waals surface area contributed by atoms with E-state index in [4.69, 9.17) is 9.16 Å². The molecule has 0 aromatic heterocycles. The summed E-state index contributed by atoms with van der Waals surface area (Å²) in [5.74, 6) is 0. The highest BCUT2D eigenvalue weighted by Crippen LogP contribution is 2.38. The molecule has 0 bridgehead atoms. The van der Waals surface area contributed by atoms with Crippen molar-refractivity contribution in [3.63, 3.8) is 0 Å². The molecule has 4 heteroatoms. The lowest BCUT2D eigenvalue weighted by molar-refractivity contribution is -0.0203. The highest BCUT2D eigenvalue weighted by Gasteiger charge is 2.51. The first-order chi connectivity index (χ1) is 14.4. The maximum Gasteiger partial charge on any atom is 0.261 e. The smallest absolute Gasteiger partial charge is 0.261 e. The van der Waals surface area contributed by atoms with Crippen LogP contribution < -0.4 is 15.7 Å². The van der Waals surface area contributed by atoms with E-state index in [0.717, 1.165) is 5.69 Å². The number of nitrogens with one attached hydrogen (secondary N) is 1. The van der Waals surface area contributed by atoms with Crippen molar-refractivity contribution >= 4 is 24.4 Å². The molecule has 0 radical (unpaired) electrons. The van der Waals surface area contributed by atoms with E-state index in [-0.39, 0.29) is 17.4 Å². The summed E-state index contributed by atoms with van der Waals surface area (Å²) in [5, 5.41) is 6.06. The van der Waals surface area contributed by atoms with Gasteiger partial charge in [-0.05, 0) is 28.4 Å². The van der Waals surface area contributed by atoms with E-state index in [2.05, 4.69) is 112 Å². The fraction of sp³-hybridized carbons (Fsp3) is 0.308. The van der Waals surface area contributed by atoms with Crippen molar-refractivity contribution in [2.75, 3.05) is 5.32 Å². The Morgan fingerprint density at radius 2 is 1.40 bits per heavy atom. The Kier molecular flexibility index (Phi) is 5.83. The molecule has 3 aromatic rings. The van der Waals surface area contributed by atoms with Crippen LogP contribution in [0.4, 0.5) is 5.69 Å². The molecule has 4 rings (SSSR count). The van der Waals surface area contributed by atoms with E-state index in [9.17, 15) is 0 Å². The van der Waals surface area contributed by atoms with Crippen molar-refractivity contribution in [2.24, 2.45) is 0 Å². The van der Waals surface area contributed by atoms with Gasteiger partial charge in [0.1, 0.15) is 0 Å². The van der Waals surface area contributed by atoms with Crippen LogP contribution in [0.1, 0.15) is 33.3 Å². The predicted octanol–water partition coefficient (Wildman–Crippen LogP) is 4.92. The number of rotatable bonds is 5. The predicted molar refractivity (Wildman–Crippen MR) is 127 cm³/mol. The van der Waals surface area contributed by atoms with Crippen molar-refractivity contribution in [1.82, 2.24) is 0 Å². The van der Waals surface area contributed by atoms with E-state index in [1.807, 2.05) is 6.07 Å². The van der Waals surface area contributed by atoms with E-state index in [1.165, 1.54) is 15.9 Å². The van der Waals surface area contributed by atoms with Crippen LogP contribution in [0, 0.1) is 0 Å². The van der Waals surface area contributed by atoms with Gasteiger partial charge in [-0.1, -0.05) is 99.6 Å². The Labute approximate surface area is 181 Å². The second-order valence-corrected chi connectivity index (χ2v) is 13.3. The summed E-state index contributed by atoms with van der Waals surface area (Å²) in [6.45, 7) is 9.64. The standard InChI is InChI=1S/C26H31NO2Si/c1-20(25-27-24-18-12-11-13-21(24)19-28-25)29-30(26(2,3)4,22-14-7-5-8-15-22)23-16-9-6-10-17-23/h5-18,20,25,27H,19H2,1-4H3/t20-,25?/m0/s1. The second-order valence-electron chi connectivity index (χ2n) is 9.02. The summed E-state index contributed by atoms with van der Waals surface area (Å²) in [5.41, 5.74) is 2.32. The molecule has 0 spiro atoms. The molecule has 0 saturated carbocycles. The maximum atomic E-state index is 7.18. The summed E-state index contributed by atoms with van der Waals surface area (Å²) in [7, 11) is -2.61. The molecule has 0 amide bonds. The van der Waals surface area contributed by atoms with Gasteiger partial charge in [0.2, 0.25) is 0 Å². The second kappa shape index (κ2) is 8.38. The minimum absolute atomic E-state index is 0.0590. The van der Waals surface area contributed by atoms with Crippen LogP contribution in [0.15, 0.2) is 84.9 Å². The molecule has 1 heterocycles. The quantitative estimate of drug-likeness (QED) is 0.598. The van der Waals surface area contributed by atoms with Gasteiger partial charge in [0.15, 0.2) is 6.23 Å². The number of hydrogen-bond acceptors (Lipinski definition) is 3. The SMILES string of the molecule is C[C@H](O[Si](c1ccccc1)(c1ccccc1)C(C)(C)C)C1Nc2ccccc2CO1. The minimum Gasteiger partial charge on any atom is -0.400 e. The van der Waals surface area contributed by atoms with Crippen LogP contribution in [0.25, 0.3) is 0 Å². The first-order valence-corrected chi connectivity index (χ1v) is 12.6. The third kappa shape index (κ3) is 3.83.